The summed E-state index contributed by atoms with van der Waals surface area (Å²) in [6.45, 7) is 1.47. The lowest BCUT2D eigenvalue weighted by Crippen LogP contribution is -2.19. The van der Waals surface area contributed by atoms with Gasteiger partial charge in [0.1, 0.15) is 5.75 Å². The highest BCUT2D eigenvalue weighted by Crippen LogP contribution is 2.28. The summed E-state index contributed by atoms with van der Waals surface area (Å²) in [5.41, 5.74) is -0.688. The van der Waals surface area contributed by atoms with Crippen LogP contribution in [0.2, 0.25) is 0 Å². The number of rotatable bonds is 3. The van der Waals surface area contributed by atoms with Gasteiger partial charge in [0.05, 0.1) is 16.5 Å². The molecule has 1 heterocycles. The predicted octanol–water partition coefficient (Wildman–Crippen LogP) is 3.87. The van der Waals surface area contributed by atoms with Crippen LogP contribution in [0.25, 0.3) is 5.69 Å². The van der Waals surface area contributed by atoms with Crippen LogP contribution in [0.1, 0.15) is 11.3 Å². The van der Waals surface area contributed by atoms with Crippen molar-refractivity contribution in [3.63, 3.8) is 0 Å². The van der Waals surface area contributed by atoms with Crippen molar-refractivity contribution in [2.24, 2.45) is 0 Å². The van der Waals surface area contributed by atoms with Gasteiger partial charge in [-0.05, 0) is 30.7 Å². The summed E-state index contributed by atoms with van der Waals surface area (Å²) in [6.07, 6.45) is -8.20. The van der Waals surface area contributed by atoms with Gasteiger partial charge in [0, 0.05) is 11.1 Å². The molecule has 1 aromatic heterocycles. The fourth-order valence-electron chi connectivity index (χ4n) is 1.82. The minimum absolute atomic E-state index is 0.0936. The van der Waals surface area contributed by atoms with E-state index in [1.807, 2.05) is 0 Å². The Morgan fingerprint density at radius 1 is 1.13 bits per heavy atom. The SMILES string of the molecule is Cc1ccc(-n2ccc(C(F)(F)F)n2)cc1S(=O)CC(F)(F)F. The van der Waals surface area contributed by atoms with Crippen molar-refractivity contribution in [1.82, 2.24) is 9.78 Å². The van der Waals surface area contributed by atoms with Crippen molar-refractivity contribution in [3.8, 4) is 5.69 Å². The Balaban J connectivity index is 2.37. The molecule has 1 atom stereocenters. The maximum atomic E-state index is 12.5. The maximum absolute atomic E-state index is 12.5. The molecule has 0 amide bonds. The first-order chi connectivity index (χ1) is 10.5. The Labute approximate surface area is 129 Å². The quantitative estimate of drug-likeness (QED) is 0.783. The second kappa shape index (κ2) is 5.99. The zero-order chi connectivity index (χ0) is 17.4. The molecule has 126 valence electrons. The van der Waals surface area contributed by atoms with E-state index in [1.54, 1.807) is 0 Å². The molecule has 0 spiro atoms. The monoisotopic (exact) mass is 356 g/mol. The van der Waals surface area contributed by atoms with Gasteiger partial charge in [-0.2, -0.15) is 31.4 Å². The summed E-state index contributed by atoms with van der Waals surface area (Å²) >= 11 is 0. The van der Waals surface area contributed by atoms with Gasteiger partial charge in [-0.25, -0.2) is 4.68 Å². The van der Waals surface area contributed by atoms with Crippen LogP contribution in [0.15, 0.2) is 35.4 Å². The molecule has 0 N–H and O–H groups in total. The molecule has 0 aliphatic carbocycles. The van der Waals surface area contributed by atoms with E-state index in [1.165, 1.54) is 19.1 Å². The lowest BCUT2D eigenvalue weighted by atomic mass is 10.2. The number of halogens is 6. The fraction of sp³-hybridized carbons (Fsp3) is 0.308. The van der Waals surface area contributed by atoms with Crippen LogP contribution >= 0.6 is 0 Å². The van der Waals surface area contributed by atoms with Crippen LogP contribution in [0, 0.1) is 6.92 Å². The Hall–Kier alpha value is -1.84. The first-order valence-corrected chi connectivity index (χ1v) is 7.48. The highest BCUT2D eigenvalue weighted by atomic mass is 32.2. The number of hydrogen-bond acceptors (Lipinski definition) is 2. The van der Waals surface area contributed by atoms with Crippen molar-refractivity contribution in [2.75, 3.05) is 5.75 Å². The Bertz CT molecular complexity index is 735. The summed E-state index contributed by atoms with van der Waals surface area (Å²) in [7, 11) is -2.35. The van der Waals surface area contributed by atoms with E-state index >= 15 is 0 Å². The van der Waals surface area contributed by atoms with Gasteiger partial charge in [0.15, 0.2) is 5.69 Å². The molecule has 1 unspecified atom stereocenters. The Morgan fingerprint density at radius 2 is 1.78 bits per heavy atom. The Morgan fingerprint density at radius 3 is 2.30 bits per heavy atom. The van der Waals surface area contributed by atoms with Gasteiger partial charge in [0.2, 0.25) is 0 Å². The van der Waals surface area contributed by atoms with Crippen molar-refractivity contribution in [3.05, 3.63) is 41.7 Å². The molecule has 0 saturated carbocycles. The molecule has 2 rings (SSSR count). The summed E-state index contributed by atoms with van der Waals surface area (Å²) in [6, 6.07) is 4.65. The molecule has 3 nitrogen and oxygen atoms in total. The maximum Gasteiger partial charge on any atom is 0.435 e. The summed E-state index contributed by atoms with van der Waals surface area (Å²) in [4.78, 5) is -0.0936. The summed E-state index contributed by atoms with van der Waals surface area (Å²) < 4.78 is 87.3. The van der Waals surface area contributed by atoms with Crippen LogP contribution in [0.5, 0.6) is 0 Å². The molecule has 0 radical (unpaired) electrons. The zero-order valence-electron chi connectivity index (χ0n) is 11.6. The molecule has 2 aromatic rings. The molecule has 0 aliphatic rings. The third kappa shape index (κ3) is 4.34. The molecular weight excluding hydrogens is 346 g/mol. The summed E-state index contributed by atoms with van der Waals surface area (Å²) in [5, 5.41) is 3.33. The number of nitrogens with zero attached hydrogens (tertiary/aromatic N) is 2. The third-order valence-corrected chi connectivity index (χ3v) is 4.38. The average molecular weight is 356 g/mol. The lowest BCUT2D eigenvalue weighted by molar-refractivity contribution is -0.141. The highest BCUT2D eigenvalue weighted by molar-refractivity contribution is 7.85. The first kappa shape index (κ1) is 17.5. The minimum atomic E-state index is -4.63. The van der Waals surface area contributed by atoms with Crippen LogP contribution in [0.3, 0.4) is 0 Å². The molecule has 0 aliphatic heterocycles. The van der Waals surface area contributed by atoms with E-state index in [0.717, 1.165) is 23.0 Å². The van der Waals surface area contributed by atoms with E-state index in [9.17, 15) is 30.6 Å². The number of benzene rings is 1. The van der Waals surface area contributed by atoms with Gasteiger partial charge >= 0.3 is 12.4 Å². The molecule has 0 bridgehead atoms. The predicted molar refractivity (Wildman–Crippen MR) is 70.6 cm³/mol. The number of aromatic nitrogens is 2. The first-order valence-electron chi connectivity index (χ1n) is 6.16. The Kier molecular flexibility index (Phi) is 4.56. The molecular formula is C13H10F6N2OS. The fourth-order valence-corrected chi connectivity index (χ4v) is 2.95. The normalized spacial score (nSPS) is 14.0. The van der Waals surface area contributed by atoms with Crippen molar-refractivity contribution in [1.29, 1.82) is 0 Å². The number of aryl methyl sites for hydroxylation is 1. The van der Waals surface area contributed by atoms with Gasteiger partial charge in [-0.15, -0.1) is 0 Å². The van der Waals surface area contributed by atoms with Gasteiger partial charge in [-0.1, -0.05) is 6.07 Å². The van der Waals surface area contributed by atoms with Gasteiger partial charge in [0.25, 0.3) is 0 Å². The highest BCUT2D eigenvalue weighted by Gasteiger charge is 2.34. The number of alkyl halides is 6. The van der Waals surface area contributed by atoms with Crippen LogP contribution in [-0.4, -0.2) is 25.9 Å². The molecule has 0 fully saturated rings. The van der Waals surface area contributed by atoms with E-state index in [2.05, 4.69) is 5.10 Å². The summed E-state index contributed by atoms with van der Waals surface area (Å²) in [5.74, 6) is -1.52. The topological polar surface area (TPSA) is 34.9 Å². The number of hydrogen-bond donors (Lipinski definition) is 0. The zero-order valence-corrected chi connectivity index (χ0v) is 12.4. The second-order valence-corrected chi connectivity index (χ2v) is 6.12. The van der Waals surface area contributed by atoms with Crippen LogP contribution in [-0.2, 0) is 17.0 Å². The molecule has 10 heteroatoms. The van der Waals surface area contributed by atoms with Crippen LogP contribution in [0.4, 0.5) is 26.3 Å². The smallest absolute Gasteiger partial charge is 0.254 e. The van der Waals surface area contributed by atoms with E-state index in [-0.39, 0.29) is 10.6 Å². The average Bonchev–Trinajstić information content (AvgIpc) is 2.86. The van der Waals surface area contributed by atoms with E-state index in [0.29, 0.717) is 5.56 Å². The lowest BCUT2D eigenvalue weighted by Gasteiger charge is -2.11. The molecule has 1 aromatic carbocycles. The van der Waals surface area contributed by atoms with E-state index in [4.69, 9.17) is 0 Å². The largest absolute Gasteiger partial charge is 0.435 e. The van der Waals surface area contributed by atoms with Gasteiger partial charge < -0.3 is 0 Å². The van der Waals surface area contributed by atoms with Crippen LogP contribution < -0.4 is 0 Å². The third-order valence-electron chi connectivity index (χ3n) is 2.86. The molecule has 0 saturated heterocycles. The van der Waals surface area contributed by atoms with Crippen molar-refractivity contribution >= 4 is 10.8 Å². The van der Waals surface area contributed by atoms with Crippen molar-refractivity contribution in [2.45, 2.75) is 24.2 Å². The second-order valence-electron chi connectivity index (χ2n) is 4.70. The van der Waals surface area contributed by atoms with E-state index < -0.39 is 34.6 Å². The van der Waals surface area contributed by atoms with Crippen molar-refractivity contribution < 1.29 is 30.6 Å². The molecule has 23 heavy (non-hydrogen) atoms. The standard InChI is InChI=1S/C13H10F6N2OS/c1-8-2-3-9(6-10(8)23(22)7-12(14,15)16)21-5-4-11(20-21)13(17,18)19/h2-6H,7H2,1H3. The van der Waals surface area contributed by atoms with Gasteiger partial charge in [-0.3, -0.25) is 4.21 Å². The minimum Gasteiger partial charge on any atom is -0.254 e.